The van der Waals surface area contributed by atoms with Gasteiger partial charge in [0.05, 0.1) is 19.3 Å². The molecule has 1 atom stereocenters. The van der Waals surface area contributed by atoms with Crippen LogP contribution in [-0.2, 0) is 16.0 Å². The third-order valence-corrected chi connectivity index (χ3v) is 5.57. The molecule has 1 aromatic heterocycles. The maximum absolute atomic E-state index is 13.3. The Hall–Kier alpha value is -2.71. The highest BCUT2D eigenvalue weighted by atomic mass is 19.1. The molecular weight excluding hydrogens is 401 g/mol. The van der Waals surface area contributed by atoms with E-state index in [1.165, 1.54) is 19.1 Å². The first-order chi connectivity index (χ1) is 15.0. The van der Waals surface area contributed by atoms with Crippen molar-refractivity contribution in [2.45, 2.75) is 26.3 Å². The summed E-state index contributed by atoms with van der Waals surface area (Å²) in [6.07, 6.45) is 0.508. The molecule has 7 nitrogen and oxygen atoms in total. The molecule has 0 spiro atoms. The van der Waals surface area contributed by atoms with E-state index >= 15 is 0 Å². The number of pyridine rings is 1. The second-order valence-electron chi connectivity index (χ2n) is 7.93. The molecule has 2 aromatic rings. The first-order valence-electron chi connectivity index (χ1n) is 10.6. The summed E-state index contributed by atoms with van der Waals surface area (Å²) in [5.74, 6) is 0.541. The summed E-state index contributed by atoms with van der Waals surface area (Å²) in [6.45, 7) is 8.36. The molecule has 0 N–H and O–H groups in total. The summed E-state index contributed by atoms with van der Waals surface area (Å²) < 4.78 is 30.6. The Balaban J connectivity index is 1.60. The topological polar surface area (TPSA) is 64.1 Å². The molecule has 0 aliphatic carbocycles. The molecule has 0 bridgehead atoms. The number of fused-ring (bicyclic) bond motifs is 1. The minimum atomic E-state index is -0.278. The number of hydrogen-bond donors (Lipinski definition) is 0. The number of aromatic nitrogens is 1. The Morgan fingerprint density at radius 3 is 2.71 bits per heavy atom. The van der Waals surface area contributed by atoms with Crippen molar-refractivity contribution in [1.29, 1.82) is 0 Å². The van der Waals surface area contributed by atoms with Crippen LogP contribution in [0, 0.1) is 5.82 Å². The van der Waals surface area contributed by atoms with Gasteiger partial charge in [0.2, 0.25) is 17.7 Å². The number of nitrogens with zero attached hydrogens (tertiary/aromatic N) is 3. The monoisotopic (exact) mass is 429 g/mol. The van der Waals surface area contributed by atoms with E-state index in [0.717, 1.165) is 44.0 Å². The van der Waals surface area contributed by atoms with Crippen molar-refractivity contribution in [3.8, 4) is 11.8 Å². The van der Waals surface area contributed by atoms with Crippen LogP contribution in [-0.4, -0.2) is 67.9 Å². The lowest BCUT2D eigenvalue weighted by Gasteiger charge is -2.34. The predicted molar refractivity (Wildman–Crippen MR) is 114 cm³/mol. The van der Waals surface area contributed by atoms with Gasteiger partial charge in [-0.05, 0) is 30.7 Å². The van der Waals surface area contributed by atoms with Gasteiger partial charge in [0.15, 0.2) is 0 Å². The van der Waals surface area contributed by atoms with Gasteiger partial charge in [-0.2, -0.15) is 4.98 Å². The van der Waals surface area contributed by atoms with Crippen molar-refractivity contribution in [3.63, 3.8) is 0 Å². The fourth-order valence-electron chi connectivity index (χ4n) is 3.95. The van der Waals surface area contributed by atoms with E-state index in [0.29, 0.717) is 37.1 Å². The Bertz CT molecular complexity index is 916. The third-order valence-electron chi connectivity index (χ3n) is 5.57. The van der Waals surface area contributed by atoms with Gasteiger partial charge in [-0.25, -0.2) is 4.39 Å². The lowest BCUT2D eigenvalue weighted by atomic mass is 10.0. The summed E-state index contributed by atoms with van der Waals surface area (Å²) in [5.41, 5.74) is 2.40. The van der Waals surface area contributed by atoms with Gasteiger partial charge in [0, 0.05) is 38.5 Å². The van der Waals surface area contributed by atoms with Crippen molar-refractivity contribution >= 4 is 11.6 Å². The molecule has 1 amide bonds. The Morgan fingerprint density at radius 2 is 2.00 bits per heavy atom. The highest BCUT2D eigenvalue weighted by Crippen LogP contribution is 2.37. The number of hydrogen-bond acceptors (Lipinski definition) is 6. The Morgan fingerprint density at radius 1 is 1.26 bits per heavy atom. The summed E-state index contributed by atoms with van der Waals surface area (Å²) in [4.78, 5) is 20.9. The molecule has 0 unspecified atom stereocenters. The van der Waals surface area contributed by atoms with Crippen LogP contribution in [0.5, 0.6) is 11.8 Å². The van der Waals surface area contributed by atoms with Gasteiger partial charge in [0.25, 0.3) is 0 Å². The summed E-state index contributed by atoms with van der Waals surface area (Å²) in [5, 5.41) is 0. The van der Waals surface area contributed by atoms with Crippen molar-refractivity contribution in [3.05, 3.63) is 47.3 Å². The molecule has 4 rings (SSSR count). The van der Waals surface area contributed by atoms with E-state index in [1.807, 2.05) is 13.0 Å². The van der Waals surface area contributed by atoms with Gasteiger partial charge in [-0.1, -0.05) is 12.1 Å². The molecule has 0 radical (unpaired) electrons. The Labute approximate surface area is 181 Å². The highest BCUT2D eigenvalue weighted by molar-refractivity contribution is 5.94. The zero-order valence-corrected chi connectivity index (χ0v) is 18.0. The van der Waals surface area contributed by atoms with Crippen LogP contribution in [0.4, 0.5) is 10.1 Å². The normalized spacial score (nSPS) is 18.9. The quantitative estimate of drug-likeness (QED) is 0.704. The number of ether oxygens (including phenoxy) is 3. The highest BCUT2D eigenvalue weighted by Gasteiger charge is 2.30. The summed E-state index contributed by atoms with van der Waals surface area (Å²) in [7, 11) is 0. The number of carbonyl (C=O) groups is 1. The molecular formula is C23H28FN3O4. The summed E-state index contributed by atoms with van der Waals surface area (Å²) >= 11 is 0. The van der Waals surface area contributed by atoms with Crippen LogP contribution in [0.2, 0.25) is 0 Å². The van der Waals surface area contributed by atoms with E-state index in [1.54, 1.807) is 17.0 Å². The third kappa shape index (κ3) is 5.14. The van der Waals surface area contributed by atoms with Crippen molar-refractivity contribution < 1.29 is 23.4 Å². The molecule has 2 aliphatic heterocycles. The van der Waals surface area contributed by atoms with E-state index in [4.69, 9.17) is 14.2 Å². The molecule has 0 saturated carbocycles. The van der Waals surface area contributed by atoms with E-state index in [2.05, 4.69) is 9.88 Å². The number of carbonyl (C=O) groups excluding carboxylic acids is 1. The molecule has 3 heterocycles. The number of rotatable bonds is 6. The van der Waals surface area contributed by atoms with E-state index in [9.17, 15) is 9.18 Å². The number of benzene rings is 1. The maximum Gasteiger partial charge on any atom is 0.241 e. The number of halogens is 1. The minimum absolute atomic E-state index is 0.0624. The molecule has 31 heavy (non-hydrogen) atoms. The molecule has 1 aromatic carbocycles. The van der Waals surface area contributed by atoms with Crippen LogP contribution in [0.15, 0.2) is 30.3 Å². The van der Waals surface area contributed by atoms with Crippen LogP contribution < -0.4 is 14.4 Å². The largest absolute Gasteiger partial charge is 0.476 e. The van der Waals surface area contributed by atoms with Gasteiger partial charge in [0.1, 0.15) is 24.7 Å². The van der Waals surface area contributed by atoms with Crippen LogP contribution >= 0.6 is 0 Å². The lowest BCUT2D eigenvalue weighted by molar-refractivity contribution is -0.117. The van der Waals surface area contributed by atoms with Gasteiger partial charge < -0.3 is 19.1 Å². The average molecular weight is 429 g/mol. The second-order valence-corrected chi connectivity index (χ2v) is 7.93. The fourth-order valence-corrected chi connectivity index (χ4v) is 3.95. The number of morpholine rings is 1. The van der Waals surface area contributed by atoms with E-state index < -0.39 is 0 Å². The average Bonchev–Trinajstić information content (AvgIpc) is 2.76. The molecule has 166 valence electrons. The van der Waals surface area contributed by atoms with Crippen molar-refractivity contribution in [2.75, 3.05) is 51.0 Å². The number of anilines is 1. The number of amides is 1. The van der Waals surface area contributed by atoms with Crippen molar-refractivity contribution in [1.82, 2.24) is 9.88 Å². The van der Waals surface area contributed by atoms with Gasteiger partial charge in [-0.3, -0.25) is 9.69 Å². The Kier molecular flexibility index (Phi) is 6.67. The van der Waals surface area contributed by atoms with E-state index in [-0.39, 0.29) is 17.8 Å². The lowest BCUT2D eigenvalue weighted by Crippen LogP contribution is -2.44. The second kappa shape index (κ2) is 9.62. The zero-order valence-electron chi connectivity index (χ0n) is 18.0. The van der Waals surface area contributed by atoms with Crippen LogP contribution in [0.1, 0.15) is 25.0 Å². The fraction of sp³-hybridized carbons (Fsp3) is 0.478. The van der Waals surface area contributed by atoms with Gasteiger partial charge in [-0.15, -0.1) is 0 Å². The van der Waals surface area contributed by atoms with Crippen LogP contribution in [0.3, 0.4) is 0 Å². The standard InChI is InChI=1S/C23H28FN3O4/c1-16-15-31-23-21(27(16)17(2)28)14-19(13-18-3-5-20(24)6-4-18)22(25-23)30-12-9-26-7-10-29-11-8-26/h3-6,14,16H,7-13,15H2,1-2H3/t16-/m0/s1. The first kappa shape index (κ1) is 21.5. The molecule has 1 fully saturated rings. The summed E-state index contributed by atoms with van der Waals surface area (Å²) in [6, 6.07) is 8.19. The minimum Gasteiger partial charge on any atom is -0.476 e. The molecule has 2 aliphatic rings. The predicted octanol–water partition coefficient (Wildman–Crippen LogP) is 2.66. The van der Waals surface area contributed by atoms with Crippen LogP contribution in [0.25, 0.3) is 0 Å². The van der Waals surface area contributed by atoms with Gasteiger partial charge >= 0.3 is 0 Å². The zero-order chi connectivity index (χ0) is 21.8. The molecule has 1 saturated heterocycles. The van der Waals surface area contributed by atoms with Crippen molar-refractivity contribution in [2.24, 2.45) is 0 Å². The first-order valence-corrected chi connectivity index (χ1v) is 10.6. The smallest absolute Gasteiger partial charge is 0.241 e. The SMILES string of the molecule is CC(=O)N1c2cc(Cc3ccc(F)cc3)c(OCCN3CCOCC3)nc2OC[C@@H]1C. The molecule has 8 heteroatoms. The maximum atomic E-state index is 13.3.